The van der Waals surface area contributed by atoms with Crippen LogP contribution in [0.2, 0.25) is 5.15 Å². The van der Waals surface area contributed by atoms with E-state index in [2.05, 4.69) is 10.1 Å². The number of halogens is 1. The van der Waals surface area contributed by atoms with Crippen LogP contribution < -0.4 is 10.4 Å². The summed E-state index contributed by atoms with van der Waals surface area (Å²) in [5, 5.41) is 4.84. The Balaban J connectivity index is 1.76. The molecule has 0 saturated carbocycles. The first-order chi connectivity index (χ1) is 12.6. The Morgan fingerprint density at radius 1 is 1.04 bits per heavy atom. The van der Waals surface area contributed by atoms with Gasteiger partial charge in [0.05, 0.1) is 27.7 Å². The maximum absolute atomic E-state index is 12.4. The van der Waals surface area contributed by atoms with Crippen molar-refractivity contribution >= 4 is 40.1 Å². The molecule has 6 nitrogen and oxygen atoms in total. The molecule has 4 aromatic rings. The van der Waals surface area contributed by atoms with Crippen LogP contribution in [0, 0.1) is 0 Å². The molecule has 26 heavy (non-hydrogen) atoms. The van der Waals surface area contributed by atoms with Gasteiger partial charge in [-0.15, -0.1) is 0 Å². The minimum atomic E-state index is -0.294. The van der Waals surface area contributed by atoms with Gasteiger partial charge in [-0.05, 0) is 24.3 Å². The van der Waals surface area contributed by atoms with Gasteiger partial charge in [-0.3, -0.25) is 14.2 Å². The molecule has 128 valence electrons. The SMILES string of the molecule is O=c1c2ccccc2ncn1/N=C\c1sc(=O)n(-c2ccccc2)c1Cl. The second-order valence-corrected chi connectivity index (χ2v) is 6.70. The normalized spacial score (nSPS) is 11.4. The molecule has 0 spiro atoms. The third kappa shape index (κ3) is 2.87. The van der Waals surface area contributed by atoms with E-state index in [0.29, 0.717) is 21.5 Å². The van der Waals surface area contributed by atoms with Crippen LogP contribution >= 0.6 is 22.9 Å². The van der Waals surface area contributed by atoms with Gasteiger partial charge in [0.1, 0.15) is 11.5 Å². The summed E-state index contributed by atoms with van der Waals surface area (Å²) in [6.07, 6.45) is 2.73. The lowest BCUT2D eigenvalue weighted by Crippen LogP contribution is -2.16. The molecule has 0 aliphatic carbocycles. The van der Waals surface area contributed by atoms with E-state index < -0.39 is 0 Å². The Bertz CT molecular complexity index is 1240. The van der Waals surface area contributed by atoms with E-state index in [1.807, 2.05) is 24.3 Å². The molecule has 0 aliphatic heterocycles. The molecule has 0 aliphatic rings. The molecule has 2 heterocycles. The number of thiazole rings is 1. The monoisotopic (exact) mass is 382 g/mol. The predicted octanol–water partition coefficient (Wildman–Crippen LogP) is 3.14. The highest BCUT2D eigenvalue weighted by atomic mass is 35.5. The zero-order valence-corrected chi connectivity index (χ0v) is 14.8. The lowest BCUT2D eigenvalue weighted by Gasteiger charge is -2.02. The Morgan fingerprint density at radius 2 is 1.77 bits per heavy atom. The molecule has 0 atom stereocenters. The molecule has 0 N–H and O–H groups in total. The van der Waals surface area contributed by atoms with E-state index in [1.54, 1.807) is 30.3 Å². The molecule has 0 bridgehead atoms. The van der Waals surface area contributed by atoms with Gasteiger partial charge >= 0.3 is 4.87 Å². The van der Waals surface area contributed by atoms with E-state index in [0.717, 1.165) is 16.0 Å². The minimum absolute atomic E-state index is 0.230. The number of aromatic nitrogens is 3. The third-order valence-corrected chi connectivity index (χ3v) is 5.10. The molecular formula is C18H11ClN4O2S. The molecule has 2 aromatic heterocycles. The summed E-state index contributed by atoms with van der Waals surface area (Å²) in [7, 11) is 0. The molecule has 0 saturated heterocycles. The molecule has 4 rings (SSSR count). The highest BCUT2D eigenvalue weighted by molar-refractivity contribution is 7.11. The van der Waals surface area contributed by atoms with Gasteiger partial charge in [-0.1, -0.05) is 53.3 Å². The maximum atomic E-state index is 12.4. The van der Waals surface area contributed by atoms with E-state index in [9.17, 15) is 9.59 Å². The average Bonchev–Trinajstić information content (AvgIpc) is 2.95. The Morgan fingerprint density at radius 3 is 2.58 bits per heavy atom. The van der Waals surface area contributed by atoms with Gasteiger partial charge in [0, 0.05) is 0 Å². The highest BCUT2D eigenvalue weighted by Crippen LogP contribution is 2.21. The molecule has 0 unspecified atom stereocenters. The van der Waals surface area contributed by atoms with Crippen molar-refractivity contribution in [3.63, 3.8) is 0 Å². The van der Waals surface area contributed by atoms with Crippen molar-refractivity contribution in [2.45, 2.75) is 0 Å². The number of hydrogen-bond donors (Lipinski definition) is 0. The van der Waals surface area contributed by atoms with Gasteiger partial charge in [-0.2, -0.15) is 9.78 Å². The highest BCUT2D eigenvalue weighted by Gasteiger charge is 2.13. The number of fused-ring (bicyclic) bond motifs is 1. The van der Waals surface area contributed by atoms with Crippen molar-refractivity contribution in [3.8, 4) is 5.69 Å². The lowest BCUT2D eigenvalue weighted by atomic mass is 10.2. The average molecular weight is 383 g/mol. The van der Waals surface area contributed by atoms with E-state index in [4.69, 9.17) is 11.6 Å². The first-order valence-electron chi connectivity index (χ1n) is 7.62. The molecule has 0 amide bonds. The van der Waals surface area contributed by atoms with Crippen LogP contribution in [0.4, 0.5) is 0 Å². The van der Waals surface area contributed by atoms with Gasteiger partial charge in [0.25, 0.3) is 5.56 Å². The fraction of sp³-hybridized carbons (Fsp3) is 0. The van der Waals surface area contributed by atoms with Crippen LogP contribution in [0.5, 0.6) is 0 Å². The molecule has 2 aromatic carbocycles. The van der Waals surface area contributed by atoms with Crippen LogP contribution in [0.3, 0.4) is 0 Å². The van der Waals surface area contributed by atoms with Crippen molar-refractivity contribution in [1.29, 1.82) is 0 Å². The van der Waals surface area contributed by atoms with E-state index in [-0.39, 0.29) is 15.6 Å². The summed E-state index contributed by atoms with van der Waals surface area (Å²) < 4.78 is 2.52. The van der Waals surface area contributed by atoms with Crippen molar-refractivity contribution in [2.24, 2.45) is 5.10 Å². The first kappa shape index (κ1) is 16.4. The number of nitrogens with zero attached hydrogens (tertiary/aromatic N) is 4. The smallest absolute Gasteiger partial charge is 0.267 e. The van der Waals surface area contributed by atoms with Gasteiger partial charge in [0.15, 0.2) is 0 Å². The van der Waals surface area contributed by atoms with Crippen molar-refractivity contribution in [3.05, 3.63) is 91.0 Å². The van der Waals surface area contributed by atoms with Crippen molar-refractivity contribution < 1.29 is 0 Å². The quantitative estimate of drug-likeness (QED) is 0.511. The lowest BCUT2D eigenvalue weighted by molar-refractivity contribution is 0.817. The Labute approximate surface area is 156 Å². The summed E-state index contributed by atoms with van der Waals surface area (Å²) in [6, 6.07) is 16.1. The zero-order chi connectivity index (χ0) is 18.1. The van der Waals surface area contributed by atoms with Gasteiger partial charge < -0.3 is 0 Å². The summed E-state index contributed by atoms with van der Waals surface area (Å²) in [6.45, 7) is 0. The Hall–Kier alpha value is -3.03. The largest absolute Gasteiger partial charge is 0.313 e. The van der Waals surface area contributed by atoms with Gasteiger partial charge in [0.2, 0.25) is 0 Å². The van der Waals surface area contributed by atoms with Crippen LogP contribution in [-0.2, 0) is 0 Å². The van der Waals surface area contributed by atoms with Crippen LogP contribution in [0.15, 0.2) is 75.6 Å². The summed E-state index contributed by atoms with van der Waals surface area (Å²) in [4.78, 5) is 29.1. The van der Waals surface area contributed by atoms with E-state index in [1.165, 1.54) is 17.1 Å². The first-order valence-corrected chi connectivity index (χ1v) is 8.82. The number of benzene rings is 2. The van der Waals surface area contributed by atoms with E-state index >= 15 is 0 Å². The fourth-order valence-electron chi connectivity index (χ4n) is 2.50. The minimum Gasteiger partial charge on any atom is -0.267 e. The van der Waals surface area contributed by atoms with Crippen molar-refractivity contribution in [1.82, 2.24) is 14.2 Å². The van der Waals surface area contributed by atoms with Crippen LogP contribution in [-0.4, -0.2) is 20.4 Å². The standard InChI is InChI=1S/C18H11ClN4O2S/c19-16-15(26-18(25)23(16)12-6-2-1-3-7-12)10-21-22-11-20-14-9-5-4-8-13(14)17(22)24/h1-11H/b21-10-. The number of hydrogen-bond acceptors (Lipinski definition) is 5. The second-order valence-electron chi connectivity index (χ2n) is 5.35. The van der Waals surface area contributed by atoms with Crippen LogP contribution in [0.25, 0.3) is 16.6 Å². The van der Waals surface area contributed by atoms with Crippen molar-refractivity contribution in [2.75, 3.05) is 0 Å². The second kappa shape index (κ2) is 6.70. The fourth-order valence-corrected chi connectivity index (χ4v) is 3.64. The number of rotatable bonds is 3. The summed E-state index contributed by atoms with van der Waals surface area (Å²) in [5.41, 5.74) is 0.975. The molecule has 8 heteroatoms. The molecular weight excluding hydrogens is 372 g/mol. The molecule has 0 radical (unpaired) electrons. The topological polar surface area (TPSA) is 69.2 Å². The number of para-hydroxylation sites is 2. The zero-order valence-electron chi connectivity index (χ0n) is 13.2. The van der Waals surface area contributed by atoms with Gasteiger partial charge in [-0.25, -0.2) is 4.98 Å². The maximum Gasteiger partial charge on any atom is 0.313 e. The van der Waals surface area contributed by atoms with Crippen LogP contribution in [0.1, 0.15) is 4.88 Å². The summed E-state index contributed by atoms with van der Waals surface area (Å²) in [5.74, 6) is 0. The third-order valence-electron chi connectivity index (χ3n) is 3.74. The predicted molar refractivity (Wildman–Crippen MR) is 104 cm³/mol. The molecule has 0 fully saturated rings. The summed E-state index contributed by atoms with van der Waals surface area (Å²) >= 11 is 7.30. The Kier molecular flexibility index (Phi) is 4.24.